The molecule has 0 fully saturated rings. The van der Waals surface area contributed by atoms with Gasteiger partial charge < -0.3 is 0 Å². The normalized spacial score (nSPS) is 8.75. The van der Waals surface area contributed by atoms with Gasteiger partial charge in [-0.05, 0) is 0 Å². The molecule has 0 saturated carbocycles. The Labute approximate surface area is 49.8 Å². The fourth-order valence-electron chi connectivity index (χ4n) is 0. The molecular weight excluding hydrogens is 152 g/mol. The first-order chi connectivity index (χ1) is 3.41. The minimum atomic E-state index is -5.25. The van der Waals surface area contributed by atoms with Crippen molar-refractivity contribution < 1.29 is 29.5 Å². The maximum absolute atomic E-state index is 8.82. The van der Waals surface area contributed by atoms with Crippen LogP contribution in [0.5, 0.6) is 0 Å². The van der Waals surface area contributed by atoms with Gasteiger partial charge in [0.15, 0.2) is 0 Å². The van der Waals surface area contributed by atoms with Crippen molar-refractivity contribution in [3.8, 4) is 0 Å². The molecule has 5 heteroatoms. The van der Waals surface area contributed by atoms with Crippen LogP contribution < -0.4 is 0 Å². The van der Waals surface area contributed by atoms with Gasteiger partial charge in [-0.15, -0.1) is 0 Å². The molecule has 0 aromatic heterocycles. The van der Waals surface area contributed by atoms with Crippen LogP contribution in [0.25, 0.3) is 0 Å². The molecule has 2 N–H and O–H groups in total. The second kappa shape index (κ2) is 4.81. The van der Waals surface area contributed by atoms with E-state index in [9.17, 15) is 0 Å². The van der Waals surface area contributed by atoms with Crippen molar-refractivity contribution in [2.75, 3.05) is 0 Å². The van der Waals surface area contributed by atoms with Gasteiger partial charge in [-0.25, -0.2) is 19.6 Å². The van der Waals surface area contributed by atoms with Crippen LogP contribution >= 0.6 is 0 Å². The van der Waals surface area contributed by atoms with Crippen LogP contribution in [-0.4, -0.2) is 8.32 Å². The van der Waals surface area contributed by atoms with Crippen molar-refractivity contribution >= 4 is 0 Å². The van der Waals surface area contributed by atoms with Gasteiger partial charge >= 0.3 is 29.5 Å². The first kappa shape index (κ1) is 10.6. The Bertz CT molecular complexity index is 125. The van der Waals surface area contributed by atoms with Crippen molar-refractivity contribution in [1.29, 1.82) is 0 Å². The van der Waals surface area contributed by atoms with Crippen LogP contribution in [0.3, 0.4) is 0 Å². The van der Waals surface area contributed by atoms with Crippen LogP contribution in [0, 0.1) is 6.92 Å². The number of hydrogen-bond donors (Lipinski definition) is 2. The zero-order valence-corrected chi connectivity index (χ0v) is 5.39. The van der Waals surface area contributed by atoms with Gasteiger partial charge in [0.05, 0.1) is 0 Å². The molecule has 0 aromatic carbocycles. The van der Waals surface area contributed by atoms with E-state index in [4.69, 9.17) is 15.9 Å². The van der Waals surface area contributed by atoms with Crippen LogP contribution in [0.2, 0.25) is 0 Å². The predicted molar refractivity (Wildman–Crippen MR) is 21.4 cm³/mol. The van der Waals surface area contributed by atoms with Crippen LogP contribution in [0.15, 0.2) is 12.7 Å². The monoisotopic (exact) mass is 159 g/mol. The molecule has 0 radical (unpaired) electrons. The molecular formula is C3H7CrO4-. The predicted octanol–water partition coefficient (Wildman–Crippen LogP) is -0.348. The van der Waals surface area contributed by atoms with Crippen molar-refractivity contribution in [3.63, 3.8) is 0 Å². The Morgan fingerprint density at radius 3 is 1.50 bits per heavy atom. The fourth-order valence-corrected chi connectivity index (χ4v) is 0. The Kier molecular flexibility index (Phi) is 6.38. The summed E-state index contributed by atoms with van der Waals surface area (Å²) in [5, 5.41) is 0. The molecule has 0 spiro atoms. The summed E-state index contributed by atoms with van der Waals surface area (Å²) in [4.78, 5) is 0. The van der Waals surface area contributed by atoms with Crippen molar-refractivity contribution in [2.45, 2.75) is 0 Å². The Morgan fingerprint density at radius 2 is 1.50 bits per heavy atom. The second-order valence-electron chi connectivity index (χ2n) is 0.737. The third-order valence-corrected chi connectivity index (χ3v) is 0. The first-order valence-electron chi connectivity index (χ1n) is 1.51. The standard InChI is InChI=1S/C3H5.Cr.2H2O.2O/c1-3-2;;;;;/h3H,1-2H2;;2*1H2;;/q-1;+2;;;;/p-2. The molecule has 50 valence electrons. The molecule has 0 aromatic rings. The zero-order chi connectivity index (χ0) is 7.21. The molecule has 0 aliphatic carbocycles. The van der Waals surface area contributed by atoms with E-state index >= 15 is 0 Å². The van der Waals surface area contributed by atoms with E-state index in [-0.39, 0.29) is 0 Å². The minimum absolute atomic E-state index is 1.50. The van der Waals surface area contributed by atoms with Crippen molar-refractivity contribution in [1.82, 2.24) is 0 Å². The van der Waals surface area contributed by atoms with Crippen LogP contribution in [-0.2, 0) is 21.2 Å². The van der Waals surface area contributed by atoms with Gasteiger partial charge in [0, 0.05) is 0 Å². The number of allylic oxidation sites excluding steroid dienone is 1. The fraction of sp³-hybridized carbons (Fsp3) is 0. The second-order valence-corrected chi connectivity index (χ2v) is 2.14. The van der Waals surface area contributed by atoms with Gasteiger partial charge in [0.2, 0.25) is 0 Å². The average Bonchev–Trinajstić information content (AvgIpc) is 1.27. The molecule has 0 heterocycles. The van der Waals surface area contributed by atoms with Gasteiger partial charge in [0.25, 0.3) is 0 Å². The molecule has 8 heavy (non-hydrogen) atoms. The molecule has 0 aliphatic rings. The van der Waals surface area contributed by atoms with Crippen LogP contribution in [0.4, 0.5) is 0 Å². The van der Waals surface area contributed by atoms with E-state index in [1.165, 1.54) is 6.08 Å². The summed E-state index contributed by atoms with van der Waals surface area (Å²) in [5.41, 5.74) is 0. The van der Waals surface area contributed by atoms with E-state index in [0.29, 0.717) is 0 Å². The van der Waals surface area contributed by atoms with E-state index in [0.717, 1.165) is 0 Å². The molecule has 0 aliphatic heterocycles. The Hall–Kier alpha value is -0.338. The van der Waals surface area contributed by atoms with Gasteiger partial charge in [0.1, 0.15) is 0 Å². The summed E-state index contributed by atoms with van der Waals surface area (Å²) in [5.74, 6) is 0. The SMILES string of the molecule is C=C[CH2-].[O]=[Cr](=[O])([OH])[OH]. The topological polar surface area (TPSA) is 74.6 Å². The third-order valence-electron chi connectivity index (χ3n) is 0. The Balaban J connectivity index is 0. The number of hydrogen-bond acceptors (Lipinski definition) is 2. The quantitative estimate of drug-likeness (QED) is 0.474. The van der Waals surface area contributed by atoms with E-state index in [1.54, 1.807) is 0 Å². The van der Waals surface area contributed by atoms with Gasteiger partial charge in [-0.2, -0.15) is 0 Å². The molecule has 0 unspecified atom stereocenters. The van der Waals surface area contributed by atoms with Crippen LogP contribution in [0.1, 0.15) is 0 Å². The van der Waals surface area contributed by atoms with E-state index in [1.807, 2.05) is 0 Å². The molecule has 0 bridgehead atoms. The van der Waals surface area contributed by atoms with E-state index < -0.39 is 13.6 Å². The summed E-state index contributed by atoms with van der Waals surface area (Å²) in [6.45, 7) is 6.50. The third kappa shape index (κ3) is 1080. The first-order valence-corrected chi connectivity index (χ1v) is 3.70. The van der Waals surface area contributed by atoms with E-state index in [2.05, 4.69) is 13.5 Å². The molecule has 0 amide bonds. The molecule has 0 atom stereocenters. The summed E-state index contributed by atoms with van der Waals surface area (Å²) in [6, 6.07) is 0. The Morgan fingerprint density at radius 1 is 1.50 bits per heavy atom. The molecule has 0 rings (SSSR count). The van der Waals surface area contributed by atoms with Crippen molar-refractivity contribution in [3.05, 3.63) is 19.6 Å². The van der Waals surface area contributed by atoms with Crippen molar-refractivity contribution in [2.24, 2.45) is 0 Å². The average molecular weight is 159 g/mol. The number of rotatable bonds is 0. The summed E-state index contributed by atoms with van der Waals surface area (Å²) >= 11 is -5.25. The summed E-state index contributed by atoms with van der Waals surface area (Å²) < 4.78 is 31.9. The molecule has 0 saturated heterocycles. The molecule has 4 nitrogen and oxygen atoms in total. The summed E-state index contributed by atoms with van der Waals surface area (Å²) in [6.07, 6.45) is 1.50. The zero-order valence-electron chi connectivity index (χ0n) is 4.11. The van der Waals surface area contributed by atoms with Gasteiger partial charge in [-0.1, -0.05) is 0 Å². The maximum atomic E-state index is 8.82. The van der Waals surface area contributed by atoms with Gasteiger partial charge in [-0.3, -0.25) is 0 Å². The summed E-state index contributed by atoms with van der Waals surface area (Å²) in [7, 11) is 0.